The molecule has 2 aromatic heterocycles. The molecule has 0 radical (unpaired) electrons. The third-order valence-corrected chi connectivity index (χ3v) is 9.85. The van der Waals surface area contributed by atoms with E-state index in [1.54, 1.807) is 19.5 Å². The molecule has 6 rings (SSSR count). The van der Waals surface area contributed by atoms with Crippen LogP contribution in [0, 0.1) is 0 Å². The smallest absolute Gasteiger partial charge is 0.232 e. The Bertz CT molecular complexity index is 1600. The number of aryl methyl sites for hydroxylation is 1. The first-order chi connectivity index (χ1) is 21.4. The number of ether oxygens (including phenoxy) is 2. The van der Waals surface area contributed by atoms with Gasteiger partial charge >= 0.3 is 0 Å². The van der Waals surface area contributed by atoms with Crippen molar-refractivity contribution in [2.24, 2.45) is 0 Å². The zero-order valence-electron chi connectivity index (χ0n) is 26.2. The Kier molecular flexibility index (Phi) is 9.35. The highest BCUT2D eigenvalue weighted by Gasteiger charge is 2.29. The molecule has 2 fully saturated rings. The molecular weight excluding hydrogens is 573 g/mol. The lowest BCUT2D eigenvalue weighted by Gasteiger charge is -2.42. The maximum absolute atomic E-state index is 5.88. The summed E-state index contributed by atoms with van der Waals surface area (Å²) in [6.07, 6.45) is 8.50. The summed E-state index contributed by atoms with van der Waals surface area (Å²) in [6, 6.07) is 8.94. The summed E-state index contributed by atoms with van der Waals surface area (Å²) in [5.41, 5.74) is 6.03. The molecule has 0 spiro atoms. The molecule has 1 unspecified atom stereocenters. The van der Waals surface area contributed by atoms with E-state index in [-0.39, 0.29) is 0 Å². The number of hydrogen-bond acceptors (Lipinski definition) is 11. The molecule has 4 heterocycles. The summed E-state index contributed by atoms with van der Waals surface area (Å²) in [4.78, 5) is 27.7. The van der Waals surface area contributed by atoms with E-state index in [1.807, 2.05) is 12.1 Å². The second kappa shape index (κ2) is 13.5. The van der Waals surface area contributed by atoms with E-state index in [0.717, 1.165) is 85.5 Å². The molecule has 2 aliphatic heterocycles. The van der Waals surface area contributed by atoms with Gasteiger partial charge in [-0.25, -0.2) is 9.97 Å². The van der Waals surface area contributed by atoms with Gasteiger partial charge in [0.05, 0.1) is 42.2 Å². The third-order valence-electron chi connectivity index (χ3n) is 8.50. The summed E-state index contributed by atoms with van der Waals surface area (Å²) in [5.74, 6) is 1.65. The zero-order valence-corrected chi connectivity index (χ0v) is 27.1. The van der Waals surface area contributed by atoms with Crippen LogP contribution in [0.2, 0.25) is 0 Å². The average Bonchev–Trinajstić information content (AvgIpc) is 3.04. The predicted octanol–water partition coefficient (Wildman–Crippen LogP) is 4.93. The van der Waals surface area contributed by atoms with Crippen molar-refractivity contribution < 1.29 is 9.47 Å². The normalized spacial score (nSPS) is 18.1. The molecule has 2 aliphatic rings. The largest absolute Gasteiger partial charge is 0.494 e. The van der Waals surface area contributed by atoms with Crippen molar-refractivity contribution in [1.29, 1.82) is 0 Å². The van der Waals surface area contributed by atoms with Crippen LogP contribution in [0.1, 0.15) is 32.3 Å². The lowest BCUT2D eigenvalue weighted by molar-refractivity contribution is -0.0373. The SMILES string of the molecule is CCc1cc(Nc2ncnc(Nc3ccc4nccnc4c3P(C)C)n2)c(OC)cc1N1CCC(N2CCOC(C)C2)CC1. The van der Waals surface area contributed by atoms with Crippen LogP contribution in [0.15, 0.2) is 43.0 Å². The van der Waals surface area contributed by atoms with Gasteiger partial charge in [-0.3, -0.25) is 14.9 Å². The molecule has 44 heavy (non-hydrogen) atoms. The Morgan fingerprint density at radius 3 is 2.43 bits per heavy atom. The summed E-state index contributed by atoms with van der Waals surface area (Å²) >= 11 is 0. The van der Waals surface area contributed by atoms with Gasteiger partial charge in [-0.1, -0.05) is 14.8 Å². The number of piperidine rings is 1. The highest BCUT2D eigenvalue weighted by molar-refractivity contribution is 7.65. The molecule has 0 bridgehead atoms. The molecule has 4 aromatic rings. The van der Waals surface area contributed by atoms with Crippen molar-refractivity contribution in [2.45, 2.75) is 45.3 Å². The standard InChI is InChI=1S/C32H42N9O2P/c1-6-22-17-26(28(42-3)18-27(22)40-13-9-23(10-14-40)41-15-16-43-21(2)19-41)38-32-36-20-35-31(39-32)37-25-8-7-24-29(30(25)44(4)5)34-12-11-33-24/h7-8,11-12,17-18,20-21,23H,6,9-10,13-16,19H2,1-5H3,(H2,35,36,37,38,39). The molecule has 2 saturated heterocycles. The molecule has 2 N–H and O–H groups in total. The fraction of sp³-hybridized carbons (Fsp3) is 0.469. The highest BCUT2D eigenvalue weighted by atomic mass is 31.1. The van der Waals surface area contributed by atoms with E-state index >= 15 is 0 Å². The van der Waals surface area contributed by atoms with Crippen molar-refractivity contribution in [3.63, 3.8) is 0 Å². The van der Waals surface area contributed by atoms with Gasteiger partial charge in [-0.2, -0.15) is 4.98 Å². The van der Waals surface area contributed by atoms with Crippen LogP contribution < -0.4 is 25.6 Å². The van der Waals surface area contributed by atoms with Crippen molar-refractivity contribution in [2.75, 3.05) is 68.8 Å². The monoisotopic (exact) mass is 615 g/mol. The maximum atomic E-state index is 5.88. The first-order valence-electron chi connectivity index (χ1n) is 15.4. The summed E-state index contributed by atoms with van der Waals surface area (Å²) in [7, 11) is 1.24. The van der Waals surface area contributed by atoms with Crippen LogP contribution in [0.25, 0.3) is 11.0 Å². The van der Waals surface area contributed by atoms with E-state index < -0.39 is 7.92 Å². The highest BCUT2D eigenvalue weighted by Crippen LogP contribution is 2.37. The van der Waals surface area contributed by atoms with Gasteiger partial charge in [0.1, 0.15) is 12.1 Å². The van der Waals surface area contributed by atoms with E-state index in [0.29, 0.717) is 24.0 Å². The minimum Gasteiger partial charge on any atom is -0.494 e. The van der Waals surface area contributed by atoms with Crippen LogP contribution in [0.4, 0.5) is 29.0 Å². The second-order valence-electron chi connectivity index (χ2n) is 11.6. The van der Waals surface area contributed by atoms with Gasteiger partial charge in [0.2, 0.25) is 11.9 Å². The van der Waals surface area contributed by atoms with Gasteiger partial charge in [0.15, 0.2) is 0 Å². The number of anilines is 5. The Morgan fingerprint density at radius 1 is 0.977 bits per heavy atom. The molecule has 0 amide bonds. The van der Waals surface area contributed by atoms with Gasteiger partial charge in [0.25, 0.3) is 0 Å². The van der Waals surface area contributed by atoms with Crippen molar-refractivity contribution in [3.8, 4) is 5.75 Å². The molecule has 232 valence electrons. The summed E-state index contributed by atoms with van der Waals surface area (Å²) in [5, 5.41) is 7.93. The molecule has 1 atom stereocenters. The van der Waals surface area contributed by atoms with Crippen LogP contribution in [-0.2, 0) is 11.2 Å². The third kappa shape index (κ3) is 6.55. The van der Waals surface area contributed by atoms with Crippen molar-refractivity contribution in [1.82, 2.24) is 29.8 Å². The number of benzene rings is 2. The number of fused-ring (bicyclic) bond motifs is 1. The van der Waals surface area contributed by atoms with Crippen LogP contribution in [0.5, 0.6) is 5.75 Å². The number of nitrogens with one attached hydrogen (secondary N) is 2. The zero-order chi connectivity index (χ0) is 30.6. The van der Waals surface area contributed by atoms with E-state index in [4.69, 9.17) is 14.5 Å². The van der Waals surface area contributed by atoms with E-state index in [1.165, 1.54) is 17.6 Å². The molecule has 0 saturated carbocycles. The lowest BCUT2D eigenvalue weighted by atomic mass is 9.99. The quantitative estimate of drug-likeness (QED) is 0.250. The van der Waals surface area contributed by atoms with E-state index in [9.17, 15) is 0 Å². The molecular formula is C32H42N9O2P. The number of methoxy groups -OCH3 is 1. The Balaban J connectivity index is 1.19. The average molecular weight is 616 g/mol. The van der Waals surface area contributed by atoms with Crippen LogP contribution >= 0.6 is 7.92 Å². The topological polar surface area (TPSA) is 113 Å². The number of nitrogens with zero attached hydrogens (tertiary/aromatic N) is 7. The summed E-state index contributed by atoms with van der Waals surface area (Å²) < 4.78 is 11.6. The van der Waals surface area contributed by atoms with Crippen LogP contribution in [-0.4, -0.2) is 95.2 Å². The second-order valence-corrected chi connectivity index (χ2v) is 13.8. The Morgan fingerprint density at radius 2 is 1.73 bits per heavy atom. The first kappa shape index (κ1) is 30.4. The summed E-state index contributed by atoms with van der Waals surface area (Å²) in [6.45, 7) is 13.8. The fourth-order valence-corrected chi connectivity index (χ4v) is 7.55. The van der Waals surface area contributed by atoms with Gasteiger partial charge in [-0.15, -0.1) is 0 Å². The number of hydrogen-bond donors (Lipinski definition) is 2. The van der Waals surface area contributed by atoms with Gasteiger partial charge in [-0.05, 0) is 63.3 Å². The van der Waals surface area contributed by atoms with Crippen LogP contribution in [0.3, 0.4) is 0 Å². The number of rotatable bonds is 9. The maximum Gasteiger partial charge on any atom is 0.232 e. The lowest BCUT2D eigenvalue weighted by Crippen LogP contribution is -2.51. The molecule has 11 nitrogen and oxygen atoms in total. The Hall–Kier alpha value is -3.66. The fourth-order valence-electron chi connectivity index (χ4n) is 6.34. The van der Waals surface area contributed by atoms with Crippen molar-refractivity contribution in [3.05, 3.63) is 48.5 Å². The molecule has 0 aliphatic carbocycles. The minimum absolute atomic E-state index is 0.320. The number of aromatic nitrogens is 5. The van der Waals surface area contributed by atoms with Gasteiger partial charge in [0, 0.05) is 61.7 Å². The minimum atomic E-state index is -0.469. The molecule has 2 aromatic carbocycles. The van der Waals surface area contributed by atoms with Gasteiger partial charge < -0.3 is 25.0 Å². The predicted molar refractivity (Wildman–Crippen MR) is 179 cm³/mol. The Labute approximate surface area is 260 Å². The number of morpholine rings is 1. The van der Waals surface area contributed by atoms with Crippen molar-refractivity contribution >= 4 is 53.2 Å². The van der Waals surface area contributed by atoms with E-state index in [2.05, 4.69) is 79.7 Å². The molecule has 12 heteroatoms. The first-order valence-corrected chi connectivity index (χ1v) is 17.6.